The van der Waals surface area contributed by atoms with E-state index in [9.17, 15) is 0 Å². The second-order valence-corrected chi connectivity index (χ2v) is 5.50. The quantitative estimate of drug-likeness (QED) is 0.908. The van der Waals surface area contributed by atoms with Gasteiger partial charge in [0, 0.05) is 19.1 Å². The van der Waals surface area contributed by atoms with Crippen molar-refractivity contribution in [3.05, 3.63) is 59.7 Å². The van der Waals surface area contributed by atoms with E-state index in [2.05, 4.69) is 30.0 Å². The van der Waals surface area contributed by atoms with Crippen molar-refractivity contribution in [2.24, 2.45) is 5.73 Å². The molecule has 0 bridgehead atoms. The molecule has 2 N–H and O–H groups in total. The highest BCUT2D eigenvalue weighted by atomic mass is 16.5. The summed E-state index contributed by atoms with van der Waals surface area (Å²) < 4.78 is 5.93. The van der Waals surface area contributed by atoms with E-state index in [0.29, 0.717) is 12.6 Å². The first-order chi connectivity index (χ1) is 10.3. The van der Waals surface area contributed by atoms with Crippen molar-refractivity contribution in [3.8, 4) is 11.5 Å². The zero-order valence-electron chi connectivity index (χ0n) is 12.5. The minimum atomic E-state index is 0.319. The van der Waals surface area contributed by atoms with Crippen molar-refractivity contribution in [2.45, 2.75) is 25.9 Å². The molecule has 21 heavy (non-hydrogen) atoms. The molecule has 3 nitrogen and oxygen atoms in total. The number of fused-ring (bicyclic) bond motifs is 1. The van der Waals surface area contributed by atoms with Gasteiger partial charge >= 0.3 is 0 Å². The Kier molecular flexibility index (Phi) is 4.23. The van der Waals surface area contributed by atoms with Crippen LogP contribution in [-0.4, -0.2) is 18.0 Å². The van der Waals surface area contributed by atoms with E-state index in [-0.39, 0.29) is 0 Å². The number of nitrogens with two attached hydrogens (primary N) is 1. The molecule has 0 saturated heterocycles. The van der Waals surface area contributed by atoms with E-state index in [4.69, 9.17) is 10.5 Å². The number of nitrogens with zero attached hydrogens (tertiary/aromatic N) is 1. The molecule has 1 aliphatic rings. The normalized spacial score (nSPS) is 17.7. The fourth-order valence-corrected chi connectivity index (χ4v) is 3.04. The Morgan fingerprint density at radius 2 is 1.95 bits per heavy atom. The molecule has 0 fully saturated rings. The molecule has 0 aliphatic carbocycles. The zero-order chi connectivity index (χ0) is 14.7. The summed E-state index contributed by atoms with van der Waals surface area (Å²) in [5.41, 5.74) is 8.68. The maximum Gasteiger partial charge on any atom is 0.127 e. The third-order valence-corrected chi connectivity index (χ3v) is 4.00. The largest absolute Gasteiger partial charge is 0.457 e. The molecule has 0 saturated carbocycles. The fraction of sp³-hybridized carbons (Fsp3) is 0.333. The predicted octanol–water partition coefficient (Wildman–Crippen LogP) is 3.70. The molecule has 1 aliphatic heterocycles. The van der Waals surface area contributed by atoms with Crippen molar-refractivity contribution in [2.75, 3.05) is 13.1 Å². The third kappa shape index (κ3) is 2.94. The molecular weight excluding hydrogens is 260 g/mol. The lowest BCUT2D eigenvalue weighted by Crippen LogP contribution is -2.28. The van der Waals surface area contributed by atoms with Crippen LogP contribution in [0.5, 0.6) is 11.5 Å². The summed E-state index contributed by atoms with van der Waals surface area (Å²) in [6.45, 7) is 4.95. The Hall–Kier alpha value is -1.84. The molecule has 2 aromatic rings. The van der Waals surface area contributed by atoms with Gasteiger partial charge in [-0.1, -0.05) is 31.2 Å². The van der Waals surface area contributed by atoms with Crippen LogP contribution in [0.1, 0.15) is 30.5 Å². The summed E-state index contributed by atoms with van der Waals surface area (Å²) in [6, 6.07) is 16.6. The molecule has 2 aromatic carbocycles. The van der Waals surface area contributed by atoms with Crippen LogP contribution < -0.4 is 10.5 Å². The van der Waals surface area contributed by atoms with E-state index in [0.717, 1.165) is 31.0 Å². The maximum atomic E-state index is 5.99. The van der Waals surface area contributed by atoms with Crippen molar-refractivity contribution in [1.29, 1.82) is 0 Å². The van der Waals surface area contributed by atoms with Crippen molar-refractivity contribution in [3.63, 3.8) is 0 Å². The van der Waals surface area contributed by atoms with Crippen LogP contribution in [0.15, 0.2) is 48.5 Å². The van der Waals surface area contributed by atoms with Gasteiger partial charge in [-0.2, -0.15) is 0 Å². The molecule has 0 spiro atoms. The SMILES string of the molecule is CCCN1Cc2ccc(Oc3ccccc3)cc2C1CN. The second-order valence-electron chi connectivity index (χ2n) is 5.50. The van der Waals surface area contributed by atoms with Crippen LogP contribution >= 0.6 is 0 Å². The van der Waals surface area contributed by atoms with Gasteiger partial charge in [-0.3, -0.25) is 4.90 Å². The smallest absolute Gasteiger partial charge is 0.127 e. The van der Waals surface area contributed by atoms with Crippen molar-refractivity contribution < 1.29 is 4.74 Å². The average Bonchev–Trinajstić information content (AvgIpc) is 2.85. The Bertz CT molecular complexity index is 597. The van der Waals surface area contributed by atoms with Crippen LogP contribution in [-0.2, 0) is 6.54 Å². The van der Waals surface area contributed by atoms with E-state index < -0.39 is 0 Å². The Morgan fingerprint density at radius 1 is 1.14 bits per heavy atom. The van der Waals surface area contributed by atoms with Gasteiger partial charge < -0.3 is 10.5 Å². The number of rotatable bonds is 5. The Balaban J connectivity index is 1.84. The van der Waals surface area contributed by atoms with E-state index in [1.165, 1.54) is 11.1 Å². The first-order valence-corrected chi connectivity index (χ1v) is 7.61. The first-order valence-electron chi connectivity index (χ1n) is 7.61. The molecule has 1 unspecified atom stereocenters. The van der Waals surface area contributed by atoms with Gasteiger partial charge in [0.1, 0.15) is 11.5 Å². The van der Waals surface area contributed by atoms with Crippen LogP contribution in [0.4, 0.5) is 0 Å². The number of benzene rings is 2. The van der Waals surface area contributed by atoms with Gasteiger partial charge in [-0.15, -0.1) is 0 Å². The highest BCUT2D eigenvalue weighted by Crippen LogP contribution is 2.36. The first kappa shape index (κ1) is 14.1. The van der Waals surface area contributed by atoms with Gasteiger partial charge in [0.25, 0.3) is 0 Å². The van der Waals surface area contributed by atoms with Gasteiger partial charge in [0.15, 0.2) is 0 Å². The van der Waals surface area contributed by atoms with Crippen LogP contribution in [0.3, 0.4) is 0 Å². The van der Waals surface area contributed by atoms with Gasteiger partial charge in [-0.25, -0.2) is 0 Å². The van der Waals surface area contributed by atoms with E-state index in [1.807, 2.05) is 30.3 Å². The van der Waals surface area contributed by atoms with Crippen LogP contribution in [0.25, 0.3) is 0 Å². The van der Waals surface area contributed by atoms with Gasteiger partial charge in [0.2, 0.25) is 0 Å². The summed E-state index contributed by atoms with van der Waals surface area (Å²) in [4.78, 5) is 2.46. The summed E-state index contributed by atoms with van der Waals surface area (Å²) in [6.07, 6.45) is 1.15. The van der Waals surface area contributed by atoms with Crippen molar-refractivity contribution >= 4 is 0 Å². The number of ether oxygens (including phenoxy) is 1. The van der Waals surface area contributed by atoms with E-state index in [1.54, 1.807) is 0 Å². The molecule has 1 heterocycles. The summed E-state index contributed by atoms with van der Waals surface area (Å²) in [5.74, 6) is 1.75. The van der Waals surface area contributed by atoms with E-state index >= 15 is 0 Å². The highest BCUT2D eigenvalue weighted by molar-refractivity contribution is 5.42. The number of para-hydroxylation sites is 1. The molecule has 0 radical (unpaired) electrons. The lowest BCUT2D eigenvalue weighted by atomic mass is 10.0. The zero-order valence-corrected chi connectivity index (χ0v) is 12.5. The molecule has 0 aromatic heterocycles. The van der Waals surface area contributed by atoms with Crippen LogP contribution in [0, 0.1) is 0 Å². The fourth-order valence-electron chi connectivity index (χ4n) is 3.04. The molecule has 3 rings (SSSR count). The van der Waals surface area contributed by atoms with Gasteiger partial charge in [0.05, 0.1) is 0 Å². The lowest BCUT2D eigenvalue weighted by molar-refractivity contribution is 0.220. The highest BCUT2D eigenvalue weighted by Gasteiger charge is 2.28. The molecular formula is C18H22N2O. The number of hydrogen-bond acceptors (Lipinski definition) is 3. The topological polar surface area (TPSA) is 38.5 Å². The summed E-state index contributed by atoms with van der Waals surface area (Å²) >= 11 is 0. The second kappa shape index (κ2) is 6.29. The molecule has 3 heteroatoms. The Labute approximate surface area is 126 Å². The minimum Gasteiger partial charge on any atom is -0.457 e. The third-order valence-electron chi connectivity index (χ3n) is 4.00. The lowest BCUT2D eigenvalue weighted by Gasteiger charge is -2.23. The monoisotopic (exact) mass is 282 g/mol. The summed E-state index contributed by atoms with van der Waals surface area (Å²) in [5, 5.41) is 0. The van der Waals surface area contributed by atoms with Gasteiger partial charge in [-0.05, 0) is 48.4 Å². The average molecular weight is 282 g/mol. The number of hydrogen-bond donors (Lipinski definition) is 1. The Morgan fingerprint density at radius 3 is 2.67 bits per heavy atom. The standard InChI is InChI=1S/C18H22N2O/c1-2-10-20-13-14-8-9-16(11-17(14)18(20)12-19)21-15-6-4-3-5-7-15/h3-9,11,18H,2,10,12-13,19H2,1H3. The summed E-state index contributed by atoms with van der Waals surface area (Å²) in [7, 11) is 0. The molecule has 1 atom stereocenters. The minimum absolute atomic E-state index is 0.319. The predicted molar refractivity (Wildman–Crippen MR) is 85.5 cm³/mol. The maximum absolute atomic E-state index is 5.99. The van der Waals surface area contributed by atoms with Crippen molar-refractivity contribution in [1.82, 2.24) is 4.90 Å². The van der Waals surface area contributed by atoms with Crippen LogP contribution in [0.2, 0.25) is 0 Å². The molecule has 110 valence electrons. The molecule has 0 amide bonds.